The molecule has 0 radical (unpaired) electrons. The minimum Gasteiger partial charge on any atom is -0.389 e. The lowest BCUT2D eigenvalue weighted by atomic mass is 9.62. The van der Waals surface area contributed by atoms with Crippen molar-refractivity contribution in [2.24, 2.45) is 29.1 Å². The summed E-state index contributed by atoms with van der Waals surface area (Å²) in [5.74, 6) is 0.117. The topological polar surface area (TPSA) is 63.6 Å². The summed E-state index contributed by atoms with van der Waals surface area (Å²) >= 11 is 0. The number of carbonyl (C=O) groups excluding carboxylic acids is 2. The van der Waals surface area contributed by atoms with E-state index in [1.165, 1.54) is 5.57 Å². The maximum Gasteiger partial charge on any atom is 0.146 e. The standard InChI is InChI=1S/C25H36O4/c1-15(2)10-18-11-16(3)25(29-18)9-8-23(4)12-19-22(20(27)13-24(19,5)28)17(14-26)6-7-21(23)25/h6,10,14,16,18-19,21-22,28H,7-9,11-13H2,1-5H3/b17-6-/t16-,18+,19-,21+,22+,23+,24+,25?/m0/s1. The smallest absolute Gasteiger partial charge is 0.146 e. The number of aldehydes is 1. The van der Waals surface area contributed by atoms with E-state index in [1.807, 2.05) is 6.08 Å². The molecule has 4 rings (SSSR count). The molecule has 1 heterocycles. The largest absolute Gasteiger partial charge is 0.389 e. The van der Waals surface area contributed by atoms with Gasteiger partial charge in [0.25, 0.3) is 0 Å². The predicted octanol–water partition coefficient (Wildman–Crippen LogP) is 4.41. The molecule has 0 aromatic rings. The zero-order chi connectivity index (χ0) is 21.2. The molecule has 0 aromatic carbocycles. The first-order chi connectivity index (χ1) is 13.5. The third kappa shape index (κ3) is 3.18. The van der Waals surface area contributed by atoms with E-state index >= 15 is 0 Å². The number of hydrogen-bond acceptors (Lipinski definition) is 4. The van der Waals surface area contributed by atoms with Crippen LogP contribution in [0.2, 0.25) is 0 Å². The van der Waals surface area contributed by atoms with Crippen LogP contribution in [0.5, 0.6) is 0 Å². The van der Waals surface area contributed by atoms with Gasteiger partial charge < -0.3 is 9.84 Å². The zero-order valence-electron chi connectivity index (χ0n) is 18.5. The molecule has 1 aliphatic heterocycles. The molecule has 160 valence electrons. The lowest BCUT2D eigenvalue weighted by molar-refractivity contribution is -0.122. The lowest BCUT2D eigenvalue weighted by Gasteiger charge is -2.45. The molecule has 4 heteroatoms. The zero-order valence-corrected chi connectivity index (χ0v) is 18.5. The Hall–Kier alpha value is -1.26. The Balaban J connectivity index is 1.74. The molecule has 0 aromatic heterocycles. The van der Waals surface area contributed by atoms with Crippen molar-refractivity contribution in [1.29, 1.82) is 0 Å². The van der Waals surface area contributed by atoms with Gasteiger partial charge in [-0.3, -0.25) is 9.59 Å². The number of hydrogen-bond donors (Lipinski definition) is 1. The van der Waals surface area contributed by atoms with Crippen LogP contribution in [-0.2, 0) is 14.3 Å². The molecule has 1 spiro atoms. The number of rotatable bonds is 2. The van der Waals surface area contributed by atoms with Gasteiger partial charge in [-0.05, 0) is 75.7 Å². The average Bonchev–Trinajstić information content (AvgIpc) is 3.12. The molecule has 29 heavy (non-hydrogen) atoms. The Morgan fingerprint density at radius 1 is 1.28 bits per heavy atom. The Bertz CT molecular complexity index is 774. The quantitative estimate of drug-likeness (QED) is 0.551. The third-order valence-corrected chi connectivity index (χ3v) is 8.68. The second kappa shape index (κ2) is 6.88. The van der Waals surface area contributed by atoms with E-state index in [9.17, 15) is 14.7 Å². The molecule has 3 aliphatic carbocycles. The first-order valence-corrected chi connectivity index (χ1v) is 11.3. The normalized spacial score (nSPS) is 51.0. The van der Waals surface area contributed by atoms with Gasteiger partial charge in [-0.1, -0.05) is 31.6 Å². The van der Waals surface area contributed by atoms with E-state index in [1.54, 1.807) is 6.92 Å². The van der Waals surface area contributed by atoms with Gasteiger partial charge in [0.2, 0.25) is 0 Å². The Kier molecular flexibility index (Phi) is 4.98. The molecule has 1 unspecified atom stereocenters. The predicted molar refractivity (Wildman–Crippen MR) is 112 cm³/mol. The Morgan fingerprint density at radius 2 is 2.00 bits per heavy atom. The van der Waals surface area contributed by atoms with Crippen LogP contribution in [0.1, 0.15) is 73.1 Å². The molecule has 0 amide bonds. The van der Waals surface area contributed by atoms with E-state index in [0.29, 0.717) is 17.4 Å². The van der Waals surface area contributed by atoms with E-state index in [-0.39, 0.29) is 35.2 Å². The van der Waals surface area contributed by atoms with E-state index in [0.717, 1.165) is 38.4 Å². The van der Waals surface area contributed by atoms with E-state index in [2.05, 4.69) is 33.8 Å². The van der Waals surface area contributed by atoms with Crippen molar-refractivity contribution in [2.45, 2.75) is 90.4 Å². The summed E-state index contributed by atoms with van der Waals surface area (Å²) < 4.78 is 6.79. The summed E-state index contributed by atoms with van der Waals surface area (Å²) in [7, 11) is 0. The first-order valence-electron chi connectivity index (χ1n) is 11.3. The maximum absolute atomic E-state index is 12.7. The monoisotopic (exact) mass is 400 g/mol. The molecule has 0 bridgehead atoms. The van der Waals surface area contributed by atoms with E-state index < -0.39 is 11.5 Å². The van der Waals surface area contributed by atoms with Gasteiger partial charge in [-0.15, -0.1) is 0 Å². The molecular formula is C25H36O4. The number of allylic oxidation sites excluding steroid dienone is 3. The fourth-order valence-corrected chi connectivity index (χ4v) is 7.28. The van der Waals surface area contributed by atoms with Crippen LogP contribution in [0.4, 0.5) is 0 Å². The molecule has 1 N–H and O–H groups in total. The summed E-state index contributed by atoms with van der Waals surface area (Å²) in [6, 6.07) is 0. The van der Waals surface area contributed by atoms with Gasteiger partial charge in [-0.2, -0.15) is 0 Å². The van der Waals surface area contributed by atoms with Crippen LogP contribution in [0.25, 0.3) is 0 Å². The van der Waals surface area contributed by atoms with Gasteiger partial charge in [0.1, 0.15) is 12.1 Å². The van der Waals surface area contributed by atoms with Crippen LogP contribution in [-0.4, -0.2) is 34.5 Å². The summed E-state index contributed by atoms with van der Waals surface area (Å²) in [6.45, 7) is 10.7. The highest BCUT2D eigenvalue weighted by Gasteiger charge is 2.63. The van der Waals surface area contributed by atoms with E-state index in [4.69, 9.17) is 4.74 Å². The molecule has 3 fully saturated rings. The van der Waals surface area contributed by atoms with Crippen molar-refractivity contribution in [3.05, 3.63) is 23.3 Å². The van der Waals surface area contributed by atoms with Crippen LogP contribution >= 0.6 is 0 Å². The number of ether oxygens (including phenoxy) is 1. The molecule has 8 atom stereocenters. The number of Topliss-reactive ketones (excluding diaryl/α,β-unsaturated/α-hetero) is 1. The number of aliphatic hydroxyl groups is 1. The van der Waals surface area contributed by atoms with Gasteiger partial charge in [0, 0.05) is 12.3 Å². The fraction of sp³-hybridized carbons (Fsp3) is 0.760. The number of ketones is 1. The molecule has 2 saturated carbocycles. The van der Waals surface area contributed by atoms with Crippen LogP contribution in [0.15, 0.2) is 23.3 Å². The maximum atomic E-state index is 12.7. The van der Waals surface area contributed by atoms with Crippen molar-refractivity contribution in [2.75, 3.05) is 0 Å². The minimum atomic E-state index is -1.04. The Morgan fingerprint density at radius 3 is 2.66 bits per heavy atom. The molecule has 4 nitrogen and oxygen atoms in total. The van der Waals surface area contributed by atoms with Gasteiger partial charge in [-0.25, -0.2) is 0 Å². The number of carbonyl (C=O) groups is 2. The van der Waals surface area contributed by atoms with Crippen molar-refractivity contribution >= 4 is 12.1 Å². The minimum absolute atomic E-state index is 0.00341. The van der Waals surface area contributed by atoms with Crippen LogP contribution in [0, 0.1) is 29.1 Å². The summed E-state index contributed by atoms with van der Waals surface area (Å²) in [5, 5.41) is 11.1. The fourth-order valence-electron chi connectivity index (χ4n) is 7.28. The number of fused-ring (bicyclic) bond motifs is 3. The van der Waals surface area contributed by atoms with Gasteiger partial charge >= 0.3 is 0 Å². The second-order valence-corrected chi connectivity index (χ2v) is 11.0. The highest BCUT2D eigenvalue weighted by atomic mass is 16.5. The highest BCUT2D eigenvalue weighted by molar-refractivity contribution is 5.94. The summed E-state index contributed by atoms with van der Waals surface area (Å²) in [6.07, 6.45) is 10.0. The van der Waals surface area contributed by atoms with Crippen molar-refractivity contribution in [3.8, 4) is 0 Å². The average molecular weight is 401 g/mol. The van der Waals surface area contributed by atoms with Gasteiger partial charge in [0.05, 0.1) is 23.2 Å². The van der Waals surface area contributed by atoms with Crippen molar-refractivity contribution < 1.29 is 19.4 Å². The van der Waals surface area contributed by atoms with Crippen molar-refractivity contribution in [1.82, 2.24) is 0 Å². The molecule has 1 saturated heterocycles. The SMILES string of the molecule is CC(C)=C[C@@H]1C[C@H](C)C2(CC[C@]3(C)C[C@H]4[C@H](C(=O)C[C@@]4(C)O)/C(C=O)=C\C[C@@H]23)O1. The first kappa shape index (κ1) is 21.0. The lowest BCUT2D eigenvalue weighted by Crippen LogP contribution is -2.46. The summed E-state index contributed by atoms with van der Waals surface area (Å²) in [5.41, 5.74) is 0.628. The third-order valence-electron chi connectivity index (χ3n) is 8.68. The van der Waals surface area contributed by atoms with Crippen LogP contribution < -0.4 is 0 Å². The van der Waals surface area contributed by atoms with Crippen LogP contribution in [0.3, 0.4) is 0 Å². The highest BCUT2D eigenvalue weighted by Crippen LogP contribution is 2.64. The second-order valence-electron chi connectivity index (χ2n) is 11.0. The summed E-state index contributed by atoms with van der Waals surface area (Å²) in [4.78, 5) is 24.6. The molecule has 4 aliphatic rings. The molecular weight excluding hydrogens is 364 g/mol. The Labute approximate surface area is 174 Å². The van der Waals surface area contributed by atoms with Crippen molar-refractivity contribution in [3.63, 3.8) is 0 Å². The van der Waals surface area contributed by atoms with Gasteiger partial charge in [0.15, 0.2) is 0 Å².